The van der Waals surface area contributed by atoms with Crippen molar-refractivity contribution in [2.45, 2.75) is 31.7 Å². The van der Waals surface area contributed by atoms with Crippen molar-refractivity contribution in [3.8, 4) is 0 Å². The number of carbonyl (C=O) groups excluding carboxylic acids is 2. The Hall–Kier alpha value is -1.59. The predicted octanol–water partition coefficient (Wildman–Crippen LogP) is -0.412. The minimum atomic E-state index is -0.866. The molecule has 0 radical (unpaired) electrons. The van der Waals surface area contributed by atoms with E-state index in [1.54, 1.807) is 7.05 Å². The van der Waals surface area contributed by atoms with Gasteiger partial charge in [0.1, 0.15) is 6.04 Å². The molecule has 90 valence electrons. The molecule has 16 heavy (non-hydrogen) atoms. The summed E-state index contributed by atoms with van der Waals surface area (Å²) >= 11 is 0. The first-order valence-electron chi connectivity index (χ1n) is 5.27. The molecule has 0 aromatic rings. The van der Waals surface area contributed by atoms with Gasteiger partial charge in [0.05, 0.1) is 0 Å². The first-order chi connectivity index (χ1) is 7.50. The SMILES string of the molecule is CN(CCCC(=O)O)C(=O)[C@H]1CCC(=O)N1. The van der Waals surface area contributed by atoms with E-state index in [0.717, 1.165) is 0 Å². The number of hydrogen-bond donors (Lipinski definition) is 2. The highest BCUT2D eigenvalue weighted by atomic mass is 16.4. The molecule has 2 N–H and O–H groups in total. The van der Waals surface area contributed by atoms with Crippen LogP contribution in [0.4, 0.5) is 0 Å². The molecule has 0 unspecified atom stereocenters. The van der Waals surface area contributed by atoms with Crippen LogP contribution in [0.15, 0.2) is 0 Å². The molecular weight excluding hydrogens is 212 g/mol. The van der Waals surface area contributed by atoms with Gasteiger partial charge in [-0.2, -0.15) is 0 Å². The van der Waals surface area contributed by atoms with E-state index >= 15 is 0 Å². The van der Waals surface area contributed by atoms with Crippen molar-refractivity contribution in [3.05, 3.63) is 0 Å². The molecule has 2 amide bonds. The minimum Gasteiger partial charge on any atom is -0.481 e. The highest BCUT2D eigenvalue weighted by Gasteiger charge is 2.29. The topological polar surface area (TPSA) is 86.7 Å². The molecule has 1 aliphatic heterocycles. The molecular formula is C10H16N2O4. The monoisotopic (exact) mass is 228 g/mol. The largest absolute Gasteiger partial charge is 0.481 e. The molecule has 0 aromatic heterocycles. The van der Waals surface area contributed by atoms with Crippen molar-refractivity contribution in [2.24, 2.45) is 0 Å². The molecule has 0 aromatic carbocycles. The number of nitrogens with zero attached hydrogens (tertiary/aromatic N) is 1. The van der Waals surface area contributed by atoms with Gasteiger partial charge in [-0.3, -0.25) is 14.4 Å². The van der Waals surface area contributed by atoms with E-state index in [0.29, 0.717) is 25.8 Å². The van der Waals surface area contributed by atoms with Crippen LogP contribution in [0.5, 0.6) is 0 Å². The summed E-state index contributed by atoms with van der Waals surface area (Å²) in [6.07, 6.45) is 1.40. The molecule has 0 spiro atoms. The highest BCUT2D eigenvalue weighted by Crippen LogP contribution is 2.09. The first-order valence-corrected chi connectivity index (χ1v) is 5.27. The van der Waals surface area contributed by atoms with E-state index in [-0.39, 0.29) is 18.2 Å². The summed E-state index contributed by atoms with van der Waals surface area (Å²) in [6.45, 7) is 0.400. The van der Waals surface area contributed by atoms with Crippen LogP contribution in [-0.4, -0.2) is 47.4 Å². The lowest BCUT2D eigenvalue weighted by Crippen LogP contribution is -2.43. The summed E-state index contributed by atoms with van der Waals surface area (Å²) in [5.74, 6) is -1.11. The van der Waals surface area contributed by atoms with E-state index in [4.69, 9.17) is 5.11 Å². The number of aliphatic carboxylic acids is 1. The summed E-state index contributed by atoms with van der Waals surface area (Å²) in [5, 5.41) is 11.0. The second-order valence-corrected chi connectivity index (χ2v) is 3.92. The van der Waals surface area contributed by atoms with Crippen LogP contribution in [0.2, 0.25) is 0 Å². The maximum atomic E-state index is 11.7. The number of likely N-dealkylation sites (N-methyl/N-ethyl adjacent to an activating group) is 1. The van der Waals surface area contributed by atoms with Crippen molar-refractivity contribution in [2.75, 3.05) is 13.6 Å². The zero-order valence-corrected chi connectivity index (χ0v) is 9.23. The second-order valence-electron chi connectivity index (χ2n) is 3.92. The molecule has 1 fully saturated rings. The van der Waals surface area contributed by atoms with Crippen LogP contribution in [0.1, 0.15) is 25.7 Å². The van der Waals surface area contributed by atoms with E-state index in [1.165, 1.54) is 4.90 Å². The number of rotatable bonds is 5. The number of carboxylic acids is 1. The Balaban J connectivity index is 2.30. The lowest BCUT2D eigenvalue weighted by molar-refractivity contribution is -0.138. The maximum absolute atomic E-state index is 11.7. The van der Waals surface area contributed by atoms with Gasteiger partial charge in [-0.15, -0.1) is 0 Å². The predicted molar refractivity (Wildman–Crippen MR) is 55.7 cm³/mol. The Bertz CT molecular complexity index is 303. The van der Waals surface area contributed by atoms with E-state index < -0.39 is 12.0 Å². The zero-order valence-electron chi connectivity index (χ0n) is 9.23. The van der Waals surface area contributed by atoms with Crippen molar-refractivity contribution < 1.29 is 19.5 Å². The molecule has 6 heteroatoms. The quantitative estimate of drug-likeness (QED) is 0.669. The zero-order chi connectivity index (χ0) is 12.1. The Kier molecular flexibility index (Phi) is 4.28. The van der Waals surface area contributed by atoms with Gasteiger partial charge in [-0.1, -0.05) is 0 Å². The first kappa shape index (κ1) is 12.5. The number of carboxylic acid groups (broad SMARTS) is 1. The van der Waals surface area contributed by atoms with Gasteiger partial charge in [0.25, 0.3) is 0 Å². The van der Waals surface area contributed by atoms with Gasteiger partial charge in [0.2, 0.25) is 11.8 Å². The maximum Gasteiger partial charge on any atom is 0.303 e. The van der Waals surface area contributed by atoms with Crippen LogP contribution in [-0.2, 0) is 14.4 Å². The third-order valence-corrected chi connectivity index (χ3v) is 2.55. The van der Waals surface area contributed by atoms with E-state index in [9.17, 15) is 14.4 Å². The minimum absolute atomic E-state index is 0.0502. The third-order valence-electron chi connectivity index (χ3n) is 2.55. The smallest absolute Gasteiger partial charge is 0.303 e. The normalized spacial score (nSPS) is 19.3. The van der Waals surface area contributed by atoms with Gasteiger partial charge < -0.3 is 15.3 Å². The summed E-state index contributed by atoms with van der Waals surface area (Å²) in [7, 11) is 1.62. The van der Waals surface area contributed by atoms with E-state index in [1.807, 2.05) is 0 Å². The van der Waals surface area contributed by atoms with Gasteiger partial charge in [0.15, 0.2) is 0 Å². The van der Waals surface area contributed by atoms with Crippen LogP contribution in [0.3, 0.4) is 0 Å². The summed E-state index contributed by atoms with van der Waals surface area (Å²) in [5.41, 5.74) is 0. The van der Waals surface area contributed by atoms with Crippen molar-refractivity contribution in [1.82, 2.24) is 10.2 Å². The summed E-state index contributed by atoms with van der Waals surface area (Å²) in [4.78, 5) is 34.4. The van der Waals surface area contributed by atoms with Gasteiger partial charge in [-0.25, -0.2) is 0 Å². The van der Waals surface area contributed by atoms with Gasteiger partial charge in [-0.05, 0) is 12.8 Å². The molecule has 0 aliphatic carbocycles. The lowest BCUT2D eigenvalue weighted by Gasteiger charge is -2.20. The Morgan fingerprint density at radius 3 is 2.75 bits per heavy atom. The molecule has 0 bridgehead atoms. The fourth-order valence-corrected chi connectivity index (χ4v) is 1.64. The molecule has 0 saturated carbocycles. The molecule has 6 nitrogen and oxygen atoms in total. The number of nitrogens with one attached hydrogen (secondary N) is 1. The van der Waals surface area contributed by atoms with Crippen LogP contribution < -0.4 is 5.32 Å². The fourth-order valence-electron chi connectivity index (χ4n) is 1.64. The molecule has 1 saturated heterocycles. The average Bonchev–Trinajstić information content (AvgIpc) is 2.63. The molecule has 1 heterocycles. The van der Waals surface area contributed by atoms with Gasteiger partial charge >= 0.3 is 5.97 Å². The van der Waals surface area contributed by atoms with Gasteiger partial charge in [0, 0.05) is 26.4 Å². The Morgan fingerprint density at radius 1 is 1.56 bits per heavy atom. The standard InChI is InChI=1S/C10H16N2O4/c1-12(6-2-3-9(14)15)10(16)7-4-5-8(13)11-7/h7H,2-6H2,1H3,(H,11,13)(H,14,15)/t7-/m1/s1. The fraction of sp³-hybridized carbons (Fsp3) is 0.700. The van der Waals surface area contributed by atoms with Crippen molar-refractivity contribution >= 4 is 17.8 Å². The number of carbonyl (C=O) groups is 3. The van der Waals surface area contributed by atoms with E-state index in [2.05, 4.69) is 5.32 Å². The van der Waals surface area contributed by atoms with Crippen molar-refractivity contribution in [1.29, 1.82) is 0 Å². The van der Waals surface area contributed by atoms with Crippen LogP contribution in [0.25, 0.3) is 0 Å². The molecule has 1 aliphatic rings. The average molecular weight is 228 g/mol. The summed E-state index contributed by atoms with van der Waals surface area (Å²) < 4.78 is 0. The Morgan fingerprint density at radius 2 is 2.25 bits per heavy atom. The third kappa shape index (κ3) is 3.52. The van der Waals surface area contributed by atoms with Crippen LogP contribution in [0, 0.1) is 0 Å². The summed E-state index contributed by atoms with van der Waals surface area (Å²) in [6, 6.07) is -0.428. The molecule has 1 rings (SSSR count). The molecule has 1 atom stereocenters. The lowest BCUT2D eigenvalue weighted by atomic mass is 10.2. The second kappa shape index (κ2) is 5.48. The highest BCUT2D eigenvalue weighted by molar-refractivity contribution is 5.90. The Labute approximate surface area is 93.6 Å². The number of hydrogen-bond acceptors (Lipinski definition) is 3. The van der Waals surface area contributed by atoms with Crippen molar-refractivity contribution in [3.63, 3.8) is 0 Å². The van der Waals surface area contributed by atoms with Crippen LogP contribution >= 0.6 is 0 Å². The number of amides is 2.